The Kier molecular flexibility index (Phi) is 7.71. The second-order valence-corrected chi connectivity index (χ2v) is 9.63. The van der Waals surface area contributed by atoms with Gasteiger partial charge in [0.05, 0.1) is 16.8 Å². The van der Waals surface area contributed by atoms with Crippen molar-refractivity contribution in [3.8, 4) is 21.7 Å². The first-order chi connectivity index (χ1) is 17.3. The van der Waals surface area contributed by atoms with Crippen LogP contribution in [0.25, 0.3) is 31.8 Å². The molecule has 9 heteroatoms. The molecular weight excluding hydrogens is 478 g/mol. The summed E-state index contributed by atoms with van der Waals surface area (Å²) in [5.41, 5.74) is 9.62. The molecule has 0 unspecified atom stereocenters. The van der Waals surface area contributed by atoms with Crippen LogP contribution in [-0.4, -0.2) is 41.7 Å². The summed E-state index contributed by atoms with van der Waals surface area (Å²) < 4.78 is 29.9. The van der Waals surface area contributed by atoms with Crippen molar-refractivity contribution < 1.29 is 8.78 Å². The van der Waals surface area contributed by atoms with E-state index >= 15 is 0 Å². The van der Waals surface area contributed by atoms with Crippen molar-refractivity contribution in [2.45, 2.75) is 19.9 Å². The lowest BCUT2D eigenvalue weighted by atomic mass is 9.95. The number of aromatic nitrogens is 2. The van der Waals surface area contributed by atoms with Crippen LogP contribution in [0, 0.1) is 11.6 Å². The standard InChI is InChI=1S/C27H28F2N6S/c1-16(31-3)15-35(4)11-10-32-27-33-14-23(29)25(34-27)24-12-18-6-5-7-21(26(18)36-24)22-13-19(28)8-9-20(22)17(2)30/h5-9,12-15,17H,3,10-11,30H2,1-2,4H3,(H,32,33,34)/b16-15-/t17-/m1/s1. The van der Waals surface area contributed by atoms with Crippen LogP contribution in [0.4, 0.5) is 14.7 Å². The molecule has 4 aromatic rings. The van der Waals surface area contributed by atoms with Crippen LogP contribution >= 0.6 is 11.3 Å². The minimum Gasteiger partial charge on any atom is -0.377 e. The van der Waals surface area contributed by atoms with Gasteiger partial charge in [-0.3, -0.25) is 4.99 Å². The second-order valence-electron chi connectivity index (χ2n) is 8.58. The molecule has 0 radical (unpaired) electrons. The van der Waals surface area contributed by atoms with E-state index in [0.29, 0.717) is 23.9 Å². The molecule has 0 bridgehead atoms. The minimum absolute atomic E-state index is 0.214. The van der Waals surface area contributed by atoms with Crippen molar-refractivity contribution in [3.05, 3.63) is 77.8 Å². The SMILES string of the molecule is C=N/C(C)=C\N(C)CCNc1ncc(F)c(-c2cc3cccc(-c4cc(F)ccc4[C@@H](C)N)c3s2)n1. The van der Waals surface area contributed by atoms with Gasteiger partial charge >= 0.3 is 0 Å². The highest BCUT2D eigenvalue weighted by Gasteiger charge is 2.17. The van der Waals surface area contributed by atoms with Crippen LogP contribution in [0.1, 0.15) is 25.5 Å². The number of likely N-dealkylation sites (N-methyl/N-ethyl adjacent to an activating group) is 1. The number of aliphatic imine (C=N–C) groups is 1. The van der Waals surface area contributed by atoms with Gasteiger partial charge in [-0.2, -0.15) is 0 Å². The van der Waals surface area contributed by atoms with Crippen LogP contribution in [0.5, 0.6) is 0 Å². The summed E-state index contributed by atoms with van der Waals surface area (Å²) in [6.07, 6.45) is 3.06. The zero-order valence-corrected chi connectivity index (χ0v) is 21.2. The molecule has 1 atom stereocenters. The van der Waals surface area contributed by atoms with Crippen LogP contribution in [0.2, 0.25) is 0 Å². The van der Waals surface area contributed by atoms with Gasteiger partial charge < -0.3 is 16.0 Å². The molecule has 0 saturated carbocycles. The van der Waals surface area contributed by atoms with E-state index in [2.05, 4.69) is 27.0 Å². The van der Waals surface area contributed by atoms with Gasteiger partial charge in [-0.15, -0.1) is 11.3 Å². The normalized spacial score (nSPS) is 12.6. The number of nitrogens with one attached hydrogen (secondary N) is 1. The number of halogens is 2. The van der Waals surface area contributed by atoms with Gasteiger partial charge in [-0.05, 0) is 60.8 Å². The molecule has 186 valence electrons. The lowest BCUT2D eigenvalue weighted by Gasteiger charge is -2.15. The molecule has 0 aliphatic heterocycles. The molecule has 3 N–H and O–H groups in total. The predicted octanol–water partition coefficient (Wildman–Crippen LogP) is 6.23. The van der Waals surface area contributed by atoms with E-state index in [1.165, 1.54) is 29.7 Å². The summed E-state index contributed by atoms with van der Waals surface area (Å²) in [5, 5.41) is 4.06. The number of nitrogens with two attached hydrogens (primary N) is 1. The van der Waals surface area contributed by atoms with Crippen LogP contribution in [0.3, 0.4) is 0 Å². The first-order valence-electron chi connectivity index (χ1n) is 11.5. The van der Waals surface area contributed by atoms with Gasteiger partial charge in [-0.25, -0.2) is 18.7 Å². The molecule has 6 nitrogen and oxygen atoms in total. The maximum atomic E-state index is 14.8. The summed E-state index contributed by atoms with van der Waals surface area (Å²) in [6.45, 7) is 8.47. The van der Waals surface area contributed by atoms with Crippen LogP contribution in [0.15, 0.2) is 65.6 Å². The second kappa shape index (κ2) is 10.9. The van der Waals surface area contributed by atoms with Gasteiger partial charge in [-0.1, -0.05) is 24.3 Å². The highest BCUT2D eigenvalue weighted by atomic mass is 32.1. The molecular formula is C27H28F2N6S. The van der Waals surface area contributed by atoms with E-state index in [1.54, 1.807) is 6.07 Å². The minimum atomic E-state index is -0.511. The number of rotatable bonds is 9. The van der Waals surface area contributed by atoms with Gasteiger partial charge in [0.25, 0.3) is 0 Å². The average Bonchev–Trinajstić information content (AvgIpc) is 3.29. The number of thiophene rings is 1. The van der Waals surface area contributed by atoms with Crippen molar-refractivity contribution >= 4 is 34.1 Å². The summed E-state index contributed by atoms with van der Waals surface area (Å²) in [5.74, 6) is -0.509. The van der Waals surface area contributed by atoms with Crippen molar-refractivity contribution in [1.29, 1.82) is 0 Å². The molecule has 36 heavy (non-hydrogen) atoms. The smallest absolute Gasteiger partial charge is 0.223 e. The maximum Gasteiger partial charge on any atom is 0.223 e. The Labute approximate surface area is 213 Å². The monoisotopic (exact) mass is 506 g/mol. The lowest BCUT2D eigenvalue weighted by molar-refractivity contribution is 0.469. The van der Waals surface area contributed by atoms with E-state index in [9.17, 15) is 8.78 Å². The first kappa shape index (κ1) is 25.4. The third-order valence-electron chi connectivity index (χ3n) is 5.72. The molecule has 0 aliphatic carbocycles. The van der Waals surface area contributed by atoms with E-state index in [0.717, 1.165) is 32.5 Å². The zero-order chi connectivity index (χ0) is 25.8. The van der Waals surface area contributed by atoms with E-state index in [1.807, 2.05) is 56.3 Å². The number of anilines is 1. The number of allylic oxidation sites excluding steroid dienone is 1. The topological polar surface area (TPSA) is 79.4 Å². The molecule has 4 rings (SSSR count). The summed E-state index contributed by atoms with van der Waals surface area (Å²) in [6, 6.07) is 12.0. The highest BCUT2D eigenvalue weighted by Crippen LogP contribution is 2.41. The van der Waals surface area contributed by atoms with Crippen molar-refractivity contribution in [1.82, 2.24) is 14.9 Å². The van der Waals surface area contributed by atoms with Crippen LogP contribution < -0.4 is 11.1 Å². The Morgan fingerprint density at radius 2 is 2.06 bits per heavy atom. The molecule has 0 amide bonds. The number of nitrogens with zero attached hydrogens (tertiary/aromatic N) is 4. The van der Waals surface area contributed by atoms with Gasteiger partial charge in [0.2, 0.25) is 5.95 Å². The predicted molar refractivity (Wildman–Crippen MR) is 145 cm³/mol. The molecule has 0 spiro atoms. The molecule has 2 aromatic heterocycles. The Morgan fingerprint density at radius 3 is 2.81 bits per heavy atom. The fraction of sp³-hybridized carbons (Fsp3) is 0.222. The van der Waals surface area contributed by atoms with E-state index < -0.39 is 5.82 Å². The number of hydrogen-bond donors (Lipinski definition) is 2. The molecule has 0 fully saturated rings. The Balaban J connectivity index is 1.65. The summed E-state index contributed by atoms with van der Waals surface area (Å²) in [7, 11) is 1.93. The lowest BCUT2D eigenvalue weighted by Crippen LogP contribution is -2.21. The third kappa shape index (κ3) is 5.58. The fourth-order valence-corrected chi connectivity index (χ4v) is 5.12. The number of fused-ring (bicyclic) bond motifs is 1. The average molecular weight is 507 g/mol. The first-order valence-corrected chi connectivity index (χ1v) is 12.3. The summed E-state index contributed by atoms with van der Waals surface area (Å²) in [4.78, 5) is 15.0. The van der Waals surface area contributed by atoms with E-state index in [-0.39, 0.29) is 17.6 Å². The zero-order valence-electron chi connectivity index (χ0n) is 20.4. The largest absolute Gasteiger partial charge is 0.377 e. The van der Waals surface area contributed by atoms with Gasteiger partial charge in [0.1, 0.15) is 11.5 Å². The fourth-order valence-electron chi connectivity index (χ4n) is 3.94. The number of benzene rings is 2. The Hall–Kier alpha value is -3.69. The molecule has 2 heterocycles. The van der Waals surface area contributed by atoms with Crippen molar-refractivity contribution in [3.63, 3.8) is 0 Å². The Bertz CT molecular complexity index is 1430. The highest BCUT2D eigenvalue weighted by molar-refractivity contribution is 7.22. The summed E-state index contributed by atoms with van der Waals surface area (Å²) >= 11 is 1.41. The van der Waals surface area contributed by atoms with Gasteiger partial charge in [0, 0.05) is 37.1 Å². The van der Waals surface area contributed by atoms with Crippen molar-refractivity contribution in [2.24, 2.45) is 10.7 Å². The quantitative estimate of drug-likeness (QED) is 0.263. The Morgan fingerprint density at radius 1 is 1.25 bits per heavy atom. The van der Waals surface area contributed by atoms with Crippen LogP contribution in [-0.2, 0) is 0 Å². The maximum absolute atomic E-state index is 14.8. The van der Waals surface area contributed by atoms with Crippen molar-refractivity contribution in [2.75, 3.05) is 25.5 Å². The van der Waals surface area contributed by atoms with E-state index in [4.69, 9.17) is 5.73 Å². The molecule has 0 aliphatic rings. The third-order valence-corrected chi connectivity index (χ3v) is 6.91. The molecule has 2 aromatic carbocycles. The molecule has 0 saturated heterocycles. The number of hydrogen-bond acceptors (Lipinski definition) is 7. The van der Waals surface area contributed by atoms with Gasteiger partial charge in [0.15, 0.2) is 5.82 Å².